The zero-order valence-electron chi connectivity index (χ0n) is 21.4. The Morgan fingerprint density at radius 1 is 1.03 bits per heavy atom. The van der Waals surface area contributed by atoms with E-state index in [1.54, 1.807) is 24.8 Å². The first kappa shape index (κ1) is 24.6. The molecular formula is C29H25N7O2. The molecule has 0 bridgehead atoms. The lowest BCUT2D eigenvalue weighted by Gasteiger charge is -2.21. The highest BCUT2D eigenvalue weighted by molar-refractivity contribution is 5.94. The molecule has 0 amide bonds. The third-order valence-electron chi connectivity index (χ3n) is 6.26. The van der Waals surface area contributed by atoms with Crippen molar-refractivity contribution in [3.05, 3.63) is 106 Å². The molecule has 0 aliphatic heterocycles. The van der Waals surface area contributed by atoms with Gasteiger partial charge in [-0.2, -0.15) is 0 Å². The molecular weight excluding hydrogens is 478 g/mol. The predicted molar refractivity (Wildman–Crippen MR) is 147 cm³/mol. The number of methoxy groups -OCH3 is 1. The Labute approximate surface area is 219 Å². The largest absolute Gasteiger partial charge is 0.495 e. The Kier molecular flexibility index (Phi) is 6.54. The summed E-state index contributed by atoms with van der Waals surface area (Å²) in [6, 6.07) is 16.4. The third kappa shape index (κ3) is 4.44. The molecule has 38 heavy (non-hydrogen) atoms. The van der Waals surface area contributed by atoms with Gasteiger partial charge in [-0.05, 0) is 50.6 Å². The van der Waals surface area contributed by atoms with E-state index in [-0.39, 0.29) is 5.56 Å². The van der Waals surface area contributed by atoms with Crippen molar-refractivity contribution in [2.45, 2.75) is 26.8 Å². The molecule has 0 fully saturated rings. The summed E-state index contributed by atoms with van der Waals surface area (Å²) < 4.78 is 7.08. The lowest BCUT2D eigenvalue weighted by atomic mass is 10.0. The summed E-state index contributed by atoms with van der Waals surface area (Å²) in [7, 11) is 1.60. The van der Waals surface area contributed by atoms with Crippen molar-refractivity contribution in [2.75, 3.05) is 12.4 Å². The number of rotatable bonds is 6. The molecule has 0 spiro atoms. The number of benzene rings is 2. The van der Waals surface area contributed by atoms with Crippen LogP contribution < -0.4 is 15.6 Å². The van der Waals surface area contributed by atoms with Crippen LogP contribution in [0.5, 0.6) is 5.75 Å². The zero-order valence-corrected chi connectivity index (χ0v) is 21.4. The number of ether oxygens (including phenoxy) is 1. The second-order valence-corrected chi connectivity index (χ2v) is 8.79. The number of anilines is 1. The normalized spacial score (nSPS) is 11.7. The molecule has 9 nitrogen and oxygen atoms in total. The van der Waals surface area contributed by atoms with E-state index in [2.05, 4.69) is 25.1 Å². The van der Waals surface area contributed by atoms with E-state index in [4.69, 9.17) is 16.3 Å². The Balaban J connectivity index is 1.75. The topological polar surface area (TPSA) is 99.2 Å². The molecule has 1 N–H and O–H groups in total. The van der Waals surface area contributed by atoms with Crippen molar-refractivity contribution in [3.63, 3.8) is 0 Å². The minimum absolute atomic E-state index is 0.218. The van der Waals surface area contributed by atoms with Gasteiger partial charge in [0.2, 0.25) is 5.69 Å². The summed E-state index contributed by atoms with van der Waals surface area (Å²) in [5.41, 5.74) is 3.53. The first-order valence-corrected chi connectivity index (χ1v) is 12.0. The molecule has 0 unspecified atom stereocenters. The minimum atomic E-state index is -0.466. The van der Waals surface area contributed by atoms with E-state index in [9.17, 15) is 4.79 Å². The molecule has 3 heterocycles. The highest BCUT2D eigenvalue weighted by Gasteiger charge is 2.22. The van der Waals surface area contributed by atoms with Gasteiger partial charge < -0.3 is 10.1 Å². The number of para-hydroxylation sites is 1. The van der Waals surface area contributed by atoms with Crippen LogP contribution in [0.1, 0.15) is 30.3 Å². The summed E-state index contributed by atoms with van der Waals surface area (Å²) >= 11 is 0. The van der Waals surface area contributed by atoms with E-state index in [0.717, 1.165) is 11.3 Å². The van der Waals surface area contributed by atoms with Crippen LogP contribution in [0.15, 0.2) is 71.8 Å². The van der Waals surface area contributed by atoms with Crippen molar-refractivity contribution >= 4 is 22.4 Å². The number of fused-ring (bicyclic) bond motifs is 1. The lowest BCUT2D eigenvalue weighted by Crippen LogP contribution is -2.27. The summed E-state index contributed by atoms with van der Waals surface area (Å²) in [6.45, 7) is 13.0. The summed E-state index contributed by atoms with van der Waals surface area (Å²) in [5, 5.41) is 3.75. The maximum atomic E-state index is 14.3. The number of aryl methyl sites for hydroxylation is 2. The number of hydrogen-bond acceptors (Lipinski definition) is 7. The number of hydrogen-bond donors (Lipinski definition) is 1. The van der Waals surface area contributed by atoms with Crippen LogP contribution in [0.4, 0.5) is 11.5 Å². The second-order valence-electron chi connectivity index (χ2n) is 8.79. The molecule has 5 rings (SSSR count). The molecule has 3 aromatic heterocycles. The molecule has 1 atom stereocenters. The monoisotopic (exact) mass is 503 g/mol. The van der Waals surface area contributed by atoms with E-state index < -0.39 is 6.04 Å². The highest BCUT2D eigenvalue weighted by atomic mass is 16.5. The Hall–Kier alpha value is -5.10. The maximum absolute atomic E-state index is 14.3. The van der Waals surface area contributed by atoms with Gasteiger partial charge in [0.25, 0.3) is 5.56 Å². The summed E-state index contributed by atoms with van der Waals surface area (Å²) in [6.07, 6.45) is 3.22. The van der Waals surface area contributed by atoms with Gasteiger partial charge in [0.15, 0.2) is 0 Å². The average molecular weight is 504 g/mol. The van der Waals surface area contributed by atoms with E-state index in [1.165, 1.54) is 6.20 Å². The van der Waals surface area contributed by atoms with Crippen LogP contribution in [0.25, 0.3) is 32.6 Å². The fraction of sp³-hybridized carbons (Fsp3) is 0.172. The first-order chi connectivity index (χ1) is 18.4. The molecule has 0 aliphatic carbocycles. The van der Waals surface area contributed by atoms with E-state index in [1.807, 2.05) is 68.4 Å². The number of nitrogens with one attached hydrogen (secondary N) is 1. The van der Waals surface area contributed by atoms with Crippen LogP contribution in [-0.2, 0) is 0 Å². The van der Waals surface area contributed by atoms with E-state index in [0.29, 0.717) is 51.1 Å². The zero-order chi connectivity index (χ0) is 26.8. The van der Waals surface area contributed by atoms with Gasteiger partial charge in [0.1, 0.15) is 23.2 Å². The molecule has 2 aromatic carbocycles. The van der Waals surface area contributed by atoms with Gasteiger partial charge in [-0.15, -0.1) is 0 Å². The van der Waals surface area contributed by atoms with Crippen molar-refractivity contribution in [2.24, 2.45) is 0 Å². The standard InChI is InChI=1S/C29H25N7O2/c1-17-25(38-5)14-20(15-31-17)22-12-9-13-23-26(22)29(37)36(21-10-7-6-8-11-21)28(35-23)18(2)33-27-24(30-4)16-32-19(3)34-27/h6-16,18H,1-3,5H3,(H,32,33,34)/t18-/m0/s1. The fourth-order valence-corrected chi connectivity index (χ4v) is 4.39. The average Bonchev–Trinajstić information content (AvgIpc) is 2.93. The van der Waals surface area contributed by atoms with Gasteiger partial charge >= 0.3 is 0 Å². The van der Waals surface area contributed by atoms with Gasteiger partial charge in [0, 0.05) is 18.0 Å². The third-order valence-corrected chi connectivity index (χ3v) is 6.26. The summed E-state index contributed by atoms with van der Waals surface area (Å²) in [4.78, 5) is 35.7. The highest BCUT2D eigenvalue weighted by Crippen LogP contribution is 2.31. The van der Waals surface area contributed by atoms with Crippen LogP contribution in [0, 0.1) is 20.4 Å². The number of nitrogens with zero attached hydrogens (tertiary/aromatic N) is 6. The quantitative estimate of drug-likeness (QED) is 0.302. The molecule has 0 radical (unpaired) electrons. The SMILES string of the molecule is [C-]#[N+]c1cnc(C)nc1N[C@@H](C)c1nc2cccc(-c3cnc(C)c(OC)c3)c2c(=O)n1-c1ccccc1. The van der Waals surface area contributed by atoms with Gasteiger partial charge in [-0.25, -0.2) is 14.8 Å². The molecule has 0 saturated carbocycles. The first-order valence-electron chi connectivity index (χ1n) is 12.0. The van der Waals surface area contributed by atoms with E-state index >= 15 is 0 Å². The van der Waals surface area contributed by atoms with Gasteiger partial charge in [-0.1, -0.05) is 30.3 Å². The predicted octanol–water partition coefficient (Wildman–Crippen LogP) is 5.59. The Morgan fingerprint density at radius 3 is 2.55 bits per heavy atom. The van der Waals surface area contributed by atoms with Gasteiger partial charge in [0.05, 0.1) is 42.0 Å². The van der Waals surface area contributed by atoms with Crippen molar-refractivity contribution in [3.8, 4) is 22.6 Å². The van der Waals surface area contributed by atoms with Crippen molar-refractivity contribution in [1.29, 1.82) is 0 Å². The lowest BCUT2D eigenvalue weighted by molar-refractivity contribution is 0.409. The van der Waals surface area contributed by atoms with Crippen molar-refractivity contribution < 1.29 is 4.74 Å². The van der Waals surface area contributed by atoms with Crippen molar-refractivity contribution in [1.82, 2.24) is 24.5 Å². The molecule has 188 valence electrons. The summed E-state index contributed by atoms with van der Waals surface area (Å²) in [5.74, 6) is 2.05. The number of aromatic nitrogens is 5. The molecule has 0 aliphatic rings. The number of pyridine rings is 1. The second kappa shape index (κ2) is 10.1. The Morgan fingerprint density at radius 2 is 1.82 bits per heavy atom. The maximum Gasteiger partial charge on any atom is 0.266 e. The molecule has 9 heteroatoms. The van der Waals surface area contributed by atoms with Crippen LogP contribution in [0.2, 0.25) is 0 Å². The van der Waals surface area contributed by atoms with Crippen LogP contribution in [-0.4, -0.2) is 31.6 Å². The molecule has 5 aromatic rings. The smallest absolute Gasteiger partial charge is 0.266 e. The molecule has 0 saturated heterocycles. The Bertz CT molecular complexity index is 1760. The minimum Gasteiger partial charge on any atom is -0.495 e. The van der Waals surface area contributed by atoms with Crippen LogP contribution in [0.3, 0.4) is 0 Å². The fourth-order valence-electron chi connectivity index (χ4n) is 4.39. The van der Waals surface area contributed by atoms with Gasteiger partial charge in [-0.3, -0.25) is 19.3 Å². The van der Waals surface area contributed by atoms with Crippen LogP contribution >= 0.6 is 0 Å².